The Morgan fingerprint density at radius 3 is 2.74 bits per heavy atom. The van der Waals surface area contributed by atoms with Gasteiger partial charge in [0.05, 0.1) is 0 Å². The molecule has 0 aliphatic rings. The number of halogens is 1. The number of carbonyl (C=O) groups is 1. The molecule has 0 unspecified atom stereocenters. The van der Waals surface area contributed by atoms with Gasteiger partial charge in [0, 0.05) is 25.7 Å². The van der Waals surface area contributed by atoms with Crippen LogP contribution in [0.2, 0.25) is 5.02 Å². The van der Waals surface area contributed by atoms with Gasteiger partial charge in [-0.25, -0.2) is 0 Å². The lowest BCUT2D eigenvalue weighted by Crippen LogP contribution is -2.26. The highest BCUT2D eigenvalue weighted by Gasteiger charge is 2.15. The highest BCUT2D eigenvalue weighted by molar-refractivity contribution is 6.31. The second-order valence-electron chi connectivity index (χ2n) is 3.93. The number of aromatic nitrogens is 3. The fourth-order valence-corrected chi connectivity index (χ4v) is 1.84. The van der Waals surface area contributed by atoms with Crippen LogP contribution >= 0.6 is 11.6 Å². The standard InChI is InChI=1S/C12H14ClN5O/c1-14-12-17-16-10(18(12)2)11(19)15-7-8-5-3-4-6-9(8)13/h3-6H,7H2,1-2H3,(H,14,17)(H,15,19). The molecule has 7 heteroatoms. The van der Waals surface area contributed by atoms with E-state index in [1.807, 2.05) is 18.2 Å². The Morgan fingerprint density at radius 2 is 2.11 bits per heavy atom. The third-order valence-corrected chi connectivity index (χ3v) is 3.07. The van der Waals surface area contributed by atoms with Crippen molar-refractivity contribution >= 4 is 23.5 Å². The highest BCUT2D eigenvalue weighted by Crippen LogP contribution is 2.14. The van der Waals surface area contributed by atoms with Gasteiger partial charge in [0.2, 0.25) is 11.8 Å². The summed E-state index contributed by atoms with van der Waals surface area (Å²) in [4.78, 5) is 12.0. The van der Waals surface area contributed by atoms with Gasteiger partial charge in [0.15, 0.2) is 0 Å². The summed E-state index contributed by atoms with van der Waals surface area (Å²) in [5.74, 6) is 0.482. The first-order chi connectivity index (χ1) is 9.13. The number of hydrogen-bond acceptors (Lipinski definition) is 4. The lowest BCUT2D eigenvalue weighted by molar-refractivity contribution is 0.0937. The summed E-state index contributed by atoms with van der Waals surface area (Å²) >= 11 is 6.02. The molecule has 0 aliphatic carbocycles. The van der Waals surface area contributed by atoms with Crippen LogP contribution in [0, 0.1) is 0 Å². The Balaban J connectivity index is 2.06. The Bertz CT molecular complexity index is 596. The van der Waals surface area contributed by atoms with Gasteiger partial charge >= 0.3 is 0 Å². The lowest BCUT2D eigenvalue weighted by atomic mass is 10.2. The van der Waals surface area contributed by atoms with Gasteiger partial charge in [-0.15, -0.1) is 10.2 Å². The first kappa shape index (κ1) is 13.4. The van der Waals surface area contributed by atoms with Crippen LogP contribution in [0.5, 0.6) is 0 Å². The molecule has 0 spiro atoms. The molecule has 2 aromatic rings. The molecule has 1 heterocycles. The number of benzene rings is 1. The van der Waals surface area contributed by atoms with Crippen LogP contribution in [0.25, 0.3) is 0 Å². The molecule has 0 radical (unpaired) electrons. The van der Waals surface area contributed by atoms with E-state index in [4.69, 9.17) is 11.6 Å². The average Bonchev–Trinajstić information content (AvgIpc) is 2.78. The number of carbonyl (C=O) groups excluding carboxylic acids is 1. The van der Waals surface area contributed by atoms with Gasteiger partial charge in [0.1, 0.15) is 0 Å². The molecule has 0 aliphatic heterocycles. The van der Waals surface area contributed by atoms with E-state index in [0.29, 0.717) is 17.5 Å². The average molecular weight is 280 g/mol. The quantitative estimate of drug-likeness (QED) is 0.888. The summed E-state index contributed by atoms with van der Waals surface area (Å²) in [5.41, 5.74) is 0.855. The second kappa shape index (κ2) is 5.71. The molecule has 0 saturated carbocycles. The van der Waals surface area contributed by atoms with Crippen molar-refractivity contribution in [2.45, 2.75) is 6.54 Å². The molecule has 0 fully saturated rings. The molecule has 2 rings (SSSR count). The summed E-state index contributed by atoms with van der Waals surface area (Å²) in [7, 11) is 3.44. The van der Waals surface area contributed by atoms with Crippen LogP contribution in [0.15, 0.2) is 24.3 Å². The molecule has 1 aromatic carbocycles. The van der Waals surface area contributed by atoms with Crippen LogP contribution in [0.4, 0.5) is 5.95 Å². The van der Waals surface area contributed by atoms with E-state index in [0.717, 1.165) is 5.56 Å². The van der Waals surface area contributed by atoms with Gasteiger partial charge in [-0.3, -0.25) is 9.36 Å². The number of amides is 1. The topological polar surface area (TPSA) is 71.8 Å². The van der Waals surface area contributed by atoms with E-state index in [-0.39, 0.29) is 11.7 Å². The number of hydrogen-bond donors (Lipinski definition) is 2. The lowest BCUT2D eigenvalue weighted by Gasteiger charge is -2.06. The van der Waals surface area contributed by atoms with E-state index in [9.17, 15) is 4.79 Å². The normalized spacial score (nSPS) is 10.3. The Hall–Kier alpha value is -2.08. The van der Waals surface area contributed by atoms with E-state index < -0.39 is 0 Å². The monoisotopic (exact) mass is 279 g/mol. The Kier molecular flexibility index (Phi) is 4.01. The number of rotatable bonds is 4. The van der Waals surface area contributed by atoms with E-state index >= 15 is 0 Å². The Morgan fingerprint density at radius 1 is 1.37 bits per heavy atom. The molecule has 1 aromatic heterocycles. The zero-order chi connectivity index (χ0) is 13.8. The van der Waals surface area contributed by atoms with Crippen LogP contribution in [-0.4, -0.2) is 27.7 Å². The smallest absolute Gasteiger partial charge is 0.289 e. The minimum atomic E-state index is -0.295. The van der Waals surface area contributed by atoms with Gasteiger partial charge < -0.3 is 10.6 Å². The van der Waals surface area contributed by atoms with Crippen molar-refractivity contribution < 1.29 is 4.79 Å². The van der Waals surface area contributed by atoms with Crippen molar-refractivity contribution in [1.82, 2.24) is 20.1 Å². The van der Waals surface area contributed by atoms with Crippen LogP contribution in [0.1, 0.15) is 16.2 Å². The van der Waals surface area contributed by atoms with Gasteiger partial charge in [0.25, 0.3) is 5.91 Å². The maximum absolute atomic E-state index is 12.0. The van der Waals surface area contributed by atoms with E-state index in [1.165, 1.54) is 0 Å². The SMILES string of the molecule is CNc1nnc(C(=O)NCc2ccccc2Cl)n1C. The molecule has 0 bridgehead atoms. The van der Waals surface area contributed by atoms with Crippen molar-refractivity contribution in [3.05, 3.63) is 40.7 Å². The molecule has 0 atom stereocenters. The largest absolute Gasteiger partial charge is 0.357 e. The second-order valence-corrected chi connectivity index (χ2v) is 4.34. The molecule has 2 N–H and O–H groups in total. The molecule has 19 heavy (non-hydrogen) atoms. The first-order valence-electron chi connectivity index (χ1n) is 5.72. The maximum atomic E-state index is 12.0. The van der Waals surface area contributed by atoms with Crippen molar-refractivity contribution in [3.63, 3.8) is 0 Å². The fraction of sp³-hybridized carbons (Fsp3) is 0.250. The summed E-state index contributed by atoms with van der Waals surface area (Å²) in [5, 5.41) is 13.9. The number of anilines is 1. The van der Waals surface area contributed by atoms with Crippen molar-refractivity contribution in [1.29, 1.82) is 0 Å². The van der Waals surface area contributed by atoms with Crippen LogP contribution in [0.3, 0.4) is 0 Å². The number of nitrogens with one attached hydrogen (secondary N) is 2. The van der Waals surface area contributed by atoms with Gasteiger partial charge in [-0.05, 0) is 11.6 Å². The van der Waals surface area contributed by atoms with E-state index in [1.54, 1.807) is 24.7 Å². The highest BCUT2D eigenvalue weighted by atomic mass is 35.5. The van der Waals surface area contributed by atoms with Crippen molar-refractivity contribution in [3.8, 4) is 0 Å². The first-order valence-corrected chi connectivity index (χ1v) is 6.10. The predicted octanol–water partition coefficient (Wildman–Crippen LogP) is 1.44. The summed E-state index contributed by atoms with van der Waals surface area (Å²) in [6.45, 7) is 0.347. The van der Waals surface area contributed by atoms with Crippen molar-refractivity contribution in [2.75, 3.05) is 12.4 Å². The van der Waals surface area contributed by atoms with Crippen LogP contribution in [-0.2, 0) is 13.6 Å². The van der Waals surface area contributed by atoms with Crippen LogP contribution < -0.4 is 10.6 Å². The molecule has 100 valence electrons. The van der Waals surface area contributed by atoms with Gasteiger partial charge in [-0.2, -0.15) is 0 Å². The van der Waals surface area contributed by atoms with Crippen molar-refractivity contribution in [2.24, 2.45) is 7.05 Å². The minimum Gasteiger partial charge on any atom is -0.357 e. The third kappa shape index (κ3) is 2.85. The Labute approximate surface area is 115 Å². The zero-order valence-electron chi connectivity index (χ0n) is 10.6. The number of nitrogens with zero attached hydrogens (tertiary/aromatic N) is 3. The molecule has 6 nitrogen and oxygen atoms in total. The molecular weight excluding hydrogens is 266 g/mol. The molecule has 1 amide bonds. The molecular formula is C12H14ClN5O. The fourth-order valence-electron chi connectivity index (χ4n) is 1.64. The maximum Gasteiger partial charge on any atom is 0.289 e. The predicted molar refractivity (Wildman–Crippen MR) is 73.2 cm³/mol. The summed E-state index contributed by atoms with van der Waals surface area (Å²) in [6, 6.07) is 7.35. The third-order valence-electron chi connectivity index (χ3n) is 2.70. The summed E-state index contributed by atoms with van der Waals surface area (Å²) in [6.07, 6.45) is 0. The van der Waals surface area contributed by atoms with E-state index in [2.05, 4.69) is 20.8 Å². The minimum absolute atomic E-state index is 0.247. The summed E-state index contributed by atoms with van der Waals surface area (Å²) < 4.78 is 1.59. The van der Waals surface area contributed by atoms with Gasteiger partial charge in [-0.1, -0.05) is 29.8 Å². The zero-order valence-corrected chi connectivity index (χ0v) is 11.4. The molecule has 0 saturated heterocycles.